The van der Waals surface area contributed by atoms with Gasteiger partial charge in [0, 0.05) is 19.8 Å². The van der Waals surface area contributed by atoms with Crippen LogP contribution in [0.15, 0.2) is 0 Å². The van der Waals surface area contributed by atoms with Crippen LogP contribution in [0.1, 0.15) is 135 Å². The number of nitrogens with zero attached hydrogens (tertiary/aromatic N) is 1. The second kappa shape index (κ2) is 28.4. The molecule has 0 fully saturated rings. The molecule has 0 bridgehead atoms. The molecule has 0 atom stereocenters. The summed E-state index contributed by atoms with van der Waals surface area (Å²) in [4.78, 5) is 0. The fourth-order valence-corrected chi connectivity index (χ4v) is 4.99. The Morgan fingerprint density at radius 1 is 0.364 bits per heavy atom. The highest BCUT2D eigenvalue weighted by Crippen LogP contribution is 2.18. The lowest BCUT2D eigenvalue weighted by Crippen LogP contribution is -3.00. The van der Waals surface area contributed by atoms with Crippen LogP contribution in [0.25, 0.3) is 0 Å². The smallest absolute Gasteiger partial charge is 0.0787 e. The second-order valence-electron chi connectivity index (χ2n) is 10.1. The number of rotatable bonds is 27. The van der Waals surface area contributed by atoms with Gasteiger partial charge in [-0.1, -0.05) is 84.0 Å². The Kier molecular flexibility index (Phi) is 30.3. The first-order valence-electron chi connectivity index (χ1n) is 14.4. The lowest BCUT2D eigenvalue weighted by Gasteiger charge is -2.39. The van der Waals surface area contributed by atoms with Crippen molar-refractivity contribution in [3.05, 3.63) is 0 Å². The van der Waals surface area contributed by atoms with Crippen molar-refractivity contribution in [2.45, 2.75) is 135 Å². The Balaban J connectivity index is 0. The first-order valence-corrected chi connectivity index (χ1v) is 14.4. The van der Waals surface area contributed by atoms with Crippen molar-refractivity contribution in [1.29, 1.82) is 0 Å². The molecule has 5 heteroatoms. The molecule has 0 aromatic carbocycles. The Morgan fingerprint density at radius 3 is 0.879 bits per heavy atom. The van der Waals surface area contributed by atoms with Gasteiger partial charge in [-0.2, -0.15) is 0 Å². The van der Waals surface area contributed by atoms with Crippen LogP contribution in [-0.2, 0) is 0 Å². The highest BCUT2D eigenvalue weighted by atomic mass is 35.5. The summed E-state index contributed by atoms with van der Waals surface area (Å²) in [5.41, 5.74) is 0. The monoisotopic (exact) mass is 493 g/mol. The minimum Gasteiger partial charge on any atom is -1.00 e. The number of aliphatic hydroxyl groups is 3. The van der Waals surface area contributed by atoms with E-state index in [4.69, 9.17) is 0 Å². The van der Waals surface area contributed by atoms with Gasteiger partial charge in [0.1, 0.15) is 0 Å². The standard InChI is InChI=1S/C28H60NO3.ClH/c1-2-3-4-5-6-7-8-9-10-11-12-13-14-15-22-29(23-16-19-26-30,24-17-20-27-31)25-18-21-28-32;/h30-32H,2-28H2,1H3;1H/q+1;/p-1. The molecule has 0 radical (unpaired) electrons. The minimum absolute atomic E-state index is 0. The van der Waals surface area contributed by atoms with Crippen molar-refractivity contribution in [3.63, 3.8) is 0 Å². The SMILES string of the molecule is CCCCCCCCCCCCCCCC[N+](CCCCO)(CCCCO)CCCCO.[Cl-]. The predicted octanol–water partition coefficient (Wildman–Crippen LogP) is 3.61. The third kappa shape index (κ3) is 23.6. The van der Waals surface area contributed by atoms with Crippen molar-refractivity contribution >= 4 is 0 Å². The highest BCUT2D eigenvalue weighted by molar-refractivity contribution is 4.54. The molecule has 0 aliphatic heterocycles. The third-order valence-corrected chi connectivity index (χ3v) is 7.11. The summed E-state index contributed by atoms with van der Waals surface area (Å²) >= 11 is 0. The molecule has 0 aliphatic carbocycles. The van der Waals surface area contributed by atoms with E-state index in [1.54, 1.807) is 0 Å². The zero-order chi connectivity index (χ0) is 23.6. The molecule has 0 aliphatic rings. The fraction of sp³-hybridized carbons (Fsp3) is 1.00. The molecule has 3 N–H and O–H groups in total. The van der Waals surface area contributed by atoms with Crippen LogP contribution in [0.4, 0.5) is 0 Å². The molecule has 33 heavy (non-hydrogen) atoms. The van der Waals surface area contributed by atoms with E-state index in [-0.39, 0.29) is 32.2 Å². The Labute approximate surface area is 213 Å². The Bertz CT molecular complexity index is 332. The summed E-state index contributed by atoms with van der Waals surface area (Å²) < 4.78 is 1.12. The molecule has 0 heterocycles. The van der Waals surface area contributed by atoms with Crippen molar-refractivity contribution in [3.8, 4) is 0 Å². The molecule has 202 valence electrons. The maximum Gasteiger partial charge on any atom is 0.0787 e. The van der Waals surface area contributed by atoms with Crippen LogP contribution in [0.2, 0.25) is 0 Å². The molecule has 0 spiro atoms. The van der Waals surface area contributed by atoms with E-state index in [2.05, 4.69) is 6.92 Å². The summed E-state index contributed by atoms with van der Waals surface area (Å²) in [7, 11) is 0. The van der Waals surface area contributed by atoms with Crippen LogP contribution in [0, 0.1) is 0 Å². The lowest BCUT2D eigenvalue weighted by atomic mass is 10.0. The predicted molar refractivity (Wildman–Crippen MR) is 139 cm³/mol. The molecule has 4 nitrogen and oxygen atoms in total. The van der Waals surface area contributed by atoms with E-state index in [0.29, 0.717) is 0 Å². The van der Waals surface area contributed by atoms with Crippen LogP contribution in [0.5, 0.6) is 0 Å². The zero-order valence-corrected chi connectivity index (χ0v) is 23.0. The number of unbranched alkanes of at least 4 members (excludes halogenated alkanes) is 16. The van der Waals surface area contributed by atoms with Crippen LogP contribution in [-0.4, -0.2) is 65.8 Å². The maximum atomic E-state index is 9.23. The van der Waals surface area contributed by atoms with Gasteiger partial charge in [0.15, 0.2) is 0 Å². The molecular weight excluding hydrogens is 434 g/mol. The van der Waals surface area contributed by atoms with Crippen LogP contribution in [0.3, 0.4) is 0 Å². The van der Waals surface area contributed by atoms with Crippen molar-refractivity contribution in [1.82, 2.24) is 0 Å². The van der Waals surface area contributed by atoms with Crippen molar-refractivity contribution in [2.75, 3.05) is 46.0 Å². The Morgan fingerprint density at radius 2 is 0.606 bits per heavy atom. The summed E-state index contributed by atoms with van der Waals surface area (Å²) in [5, 5.41) is 27.7. The first-order chi connectivity index (χ1) is 15.7. The van der Waals surface area contributed by atoms with Gasteiger partial charge in [-0.15, -0.1) is 0 Å². The van der Waals surface area contributed by atoms with Gasteiger partial charge in [-0.3, -0.25) is 0 Å². The van der Waals surface area contributed by atoms with Gasteiger partial charge in [-0.05, 0) is 51.4 Å². The van der Waals surface area contributed by atoms with Gasteiger partial charge in [-0.25, -0.2) is 0 Å². The van der Waals surface area contributed by atoms with Gasteiger partial charge >= 0.3 is 0 Å². The highest BCUT2D eigenvalue weighted by Gasteiger charge is 2.25. The normalized spacial score (nSPS) is 11.6. The molecule has 0 amide bonds. The molecule has 0 aromatic rings. The summed E-state index contributed by atoms with van der Waals surface area (Å²) in [5.74, 6) is 0. The largest absolute Gasteiger partial charge is 1.00 e. The van der Waals surface area contributed by atoms with E-state index in [1.807, 2.05) is 0 Å². The number of quaternary nitrogens is 1. The summed E-state index contributed by atoms with van der Waals surface area (Å²) in [6.07, 6.45) is 25.4. The molecule has 0 saturated heterocycles. The summed E-state index contributed by atoms with van der Waals surface area (Å²) in [6, 6.07) is 0. The minimum atomic E-state index is 0. The number of hydrogen-bond acceptors (Lipinski definition) is 3. The second-order valence-corrected chi connectivity index (χ2v) is 10.1. The van der Waals surface area contributed by atoms with Crippen molar-refractivity contribution < 1.29 is 32.2 Å². The van der Waals surface area contributed by atoms with Crippen molar-refractivity contribution in [2.24, 2.45) is 0 Å². The number of aliphatic hydroxyl groups excluding tert-OH is 3. The van der Waals surface area contributed by atoms with E-state index in [1.165, 1.54) is 96.4 Å². The first kappa shape index (κ1) is 35.3. The quantitative estimate of drug-likeness (QED) is 0.121. The lowest BCUT2D eigenvalue weighted by molar-refractivity contribution is -0.929. The number of halogens is 1. The Hall–Kier alpha value is 0.130. The number of hydrogen-bond donors (Lipinski definition) is 3. The molecule has 0 rings (SSSR count). The van der Waals surface area contributed by atoms with E-state index < -0.39 is 0 Å². The average molecular weight is 494 g/mol. The molecule has 0 unspecified atom stereocenters. The maximum absolute atomic E-state index is 9.23. The van der Waals surface area contributed by atoms with Gasteiger partial charge in [0.05, 0.1) is 26.2 Å². The fourth-order valence-electron chi connectivity index (χ4n) is 4.99. The van der Waals surface area contributed by atoms with E-state index in [0.717, 1.165) is 62.6 Å². The topological polar surface area (TPSA) is 60.7 Å². The molecule has 0 aromatic heterocycles. The molecule has 0 saturated carbocycles. The molecular formula is C28H60ClNO3. The average Bonchev–Trinajstić information content (AvgIpc) is 2.80. The van der Waals surface area contributed by atoms with Crippen LogP contribution >= 0.6 is 0 Å². The van der Waals surface area contributed by atoms with Gasteiger partial charge in [0.2, 0.25) is 0 Å². The van der Waals surface area contributed by atoms with Gasteiger partial charge in [0.25, 0.3) is 0 Å². The third-order valence-electron chi connectivity index (χ3n) is 7.11. The zero-order valence-electron chi connectivity index (χ0n) is 22.3. The van der Waals surface area contributed by atoms with E-state index >= 15 is 0 Å². The van der Waals surface area contributed by atoms with Gasteiger partial charge < -0.3 is 32.2 Å². The van der Waals surface area contributed by atoms with E-state index in [9.17, 15) is 15.3 Å². The summed E-state index contributed by atoms with van der Waals surface area (Å²) in [6.45, 7) is 7.76. The van der Waals surface area contributed by atoms with Crippen LogP contribution < -0.4 is 12.4 Å².